The molecule has 0 bridgehead atoms. The van der Waals surface area contributed by atoms with E-state index in [1.807, 2.05) is 42.5 Å². The number of benzene rings is 2. The van der Waals surface area contributed by atoms with E-state index in [1.54, 1.807) is 12.1 Å². The standard InChI is InChI=1S/C17H13BrO4/c1-20-17(19)15-9-8-14(22-15)16(18)21-13-7-6-11-4-2-3-5-12(11)10-13/h2-10,16H,1H3. The fourth-order valence-electron chi connectivity index (χ4n) is 2.10. The van der Waals surface area contributed by atoms with Gasteiger partial charge in [-0.3, -0.25) is 0 Å². The summed E-state index contributed by atoms with van der Waals surface area (Å²) >= 11 is 3.40. The van der Waals surface area contributed by atoms with Crippen LogP contribution in [0.25, 0.3) is 10.8 Å². The van der Waals surface area contributed by atoms with E-state index >= 15 is 0 Å². The van der Waals surface area contributed by atoms with Crippen LogP contribution in [-0.2, 0) is 4.74 Å². The van der Waals surface area contributed by atoms with Crippen molar-refractivity contribution >= 4 is 32.7 Å². The molecule has 4 nitrogen and oxygen atoms in total. The van der Waals surface area contributed by atoms with Gasteiger partial charge in [0, 0.05) is 0 Å². The SMILES string of the molecule is COC(=O)c1ccc(C(Br)Oc2ccc3ccccc3c2)o1. The highest BCUT2D eigenvalue weighted by molar-refractivity contribution is 9.09. The van der Waals surface area contributed by atoms with Gasteiger partial charge in [-0.1, -0.05) is 30.3 Å². The molecule has 0 aliphatic rings. The molecule has 0 aliphatic carbocycles. The summed E-state index contributed by atoms with van der Waals surface area (Å²) in [4.78, 5) is 11.4. The lowest BCUT2D eigenvalue weighted by Crippen LogP contribution is -2.00. The largest absolute Gasteiger partial charge is 0.471 e. The summed E-state index contributed by atoms with van der Waals surface area (Å²) in [6.45, 7) is 0. The van der Waals surface area contributed by atoms with Crippen molar-refractivity contribution in [2.75, 3.05) is 7.11 Å². The van der Waals surface area contributed by atoms with Crippen molar-refractivity contribution < 1.29 is 18.7 Å². The summed E-state index contributed by atoms with van der Waals surface area (Å²) in [7, 11) is 1.31. The molecule has 0 aliphatic heterocycles. The summed E-state index contributed by atoms with van der Waals surface area (Å²) in [5.41, 5.74) is 0. The molecule has 0 fully saturated rings. The van der Waals surface area contributed by atoms with Crippen LogP contribution < -0.4 is 4.74 Å². The Bertz CT molecular complexity index is 809. The van der Waals surface area contributed by atoms with E-state index in [0.717, 1.165) is 10.8 Å². The Morgan fingerprint density at radius 3 is 2.64 bits per heavy atom. The monoisotopic (exact) mass is 360 g/mol. The quantitative estimate of drug-likeness (QED) is 0.500. The van der Waals surface area contributed by atoms with Gasteiger partial charge in [0.15, 0.2) is 5.76 Å². The first-order valence-corrected chi connectivity index (χ1v) is 7.56. The average Bonchev–Trinajstić information content (AvgIpc) is 3.04. The van der Waals surface area contributed by atoms with Crippen molar-refractivity contribution in [1.29, 1.82) is 0 Å². The van der Waals surface area contributed by atoms with Crippen molar-refractivity contribution in [3.05, 3.63) is 66.1 Å². The zero-order valence-corrected chi connectivity index (χ0v) is 13.4. The van der Waals surface area contributed by atoms with E-state index in [9.17, 15) is 4.79 Å². The lowest BCUT2D eigenvalue weighted by Gasteiger charge is -2.11. The highest BCUT2D eigenvalue weighted by atomic mass is 79.9. The minimum Gasteiger partial charge on any atom is -0.471 e. The third-order valence-electron chi connectivity index (χ3n) is 3.20. The molecule has 0 amide bonds. The first kappa shape index (κ1) is 14.7. The molecule has 3 rings (SSSR count). The third-order valence-corrected chi connectivity index (χ3v) is 3.84. The number of hydrogen-bond acceptors (Lipinski definition) is 4. The number of furan rings is 1. The Balaban J connectivity index is 1.78. The maximum atomic E-state index is 11.4. The second-order valence-electron chi connectivity index (χ2n) is 4.64. The molecule has 0 N–H and O–H groups in total. The number of ether oxygens (including phenoxy) is 2. The zero-order valence-electron chi connectivity index (χ0n) is 11.8. The van der Waals surface area contributed by atoms with Crippen LogP contribution in [0.3, 0.4) is 0 Å². The summed E-state index contributed by atoms with van der Waals surface area (Å²) in [5, 5.41) is 1.74. The first-order valence-electron chi connectivity index (χ1n) is 6.65. The number of methoxy groups -OCH3 is 1. The van der Waals surface area contributed by atoms with Gasteiger partial charge in [-0.15, -0.1) is 0 Å². The average molecular weight is 361 g/mol. The van der Waals surface area contributed by atoms with E-state index < -0.39 is 11.0 Å². The number of rotatable bonds is 4. The molecule has 1 aromatic heterocycles. The van der Waals surface area contributed by atoms with E-state index in [2.05, 4.69) is 20.7 Å². The van der Waals surface area contributed by atoms with Crippen LogP contribution >= 0.6 is 15.9 Å². The zero-order chi connectivity index (χ0) is 15.5. The van der Waals surface area contributed by atoms with Gasteiger partial charge in [0.2, 0.25) is 10.8 Å². The minimum absolute atomic E-state index is 0.143. The Morgan fingerprint density at radius 2 is 1.86 bits per heavy atom. The van der Waals surface area contributed by atoms with Crippen molar-refractivity contribution in [2.24, 2.45) is 0 Å². The Hall–Kier alpha value is -2.27. The normalized spacial score (nSPS) is 12.1. The first-order chi connectivity index (χ1) is 10.7. The molecule has 3 aromatic rings. The van der Waals surface area contributed by atoms with E-state index in [-0.39, 0.29) is 5.76 Å². The molecule has 0 saturated heterocycles. The maximum absolute atomic E-state index is 11.4. The molecule has 5 heteroatoms. The summed E-state index contributed by atoms with van der Waals surface area (Å²) in [5.74, 6) is 0.825. The molecule has 2 aromatic carbocycles. The fraction of sp³-hybridized carbons (Fsp3) is 0.118. The predicted octanol–water partition coefficient (Wildman–Crippen LogP) is 4.69. The van der Waals surface area contributed by atoms with Gasteiger partial charge in [-0.2, -0.15) is 0 Å². The fourth-order valence-corrected chi connectivity index (χ4v) is 2.57. The maximum Gasteiger partial charge on any atom is 0.373 e. The Labute approximate surface area is 135 Å². The van der Waals surface area contributed by atoms with Crippen molar-refractivity contribution in [3.63, 3.8) is 0 Å². The van der Waals surface area contributed by atoms with Crippen molar-refractivity contribution in [3.8, 4) is 5.75 Å². The van der Waals surface area contributed by atoms with Gasteiger partial charge in [-0.25, -0.2) is 4.79 Å². The number of fused-ring (bicyclic) bond motifs is 1. The predicted molar refractivity (Wildman–Crippen MR) is 86.3 cm³/mol. The Morgan fingerprint density at radius 1 is 1.09 bits per heavy atom. The lowest BCUT2D eigenvalue weighted by molar-refractivity contribution is 0.0561. The number of halogens is 1. The number of hydrogen-bond donors (Lipinski definition) is 0. The smallest absolute Gasteiger partial charge is 0.373 e. The van der Waals surface area contributed by atoms with Gasteiger partial charge in [0.05, 0.1) is 7.11 Å². The summed E-state index contributed by atoms with van der Waals surface area (Å²) in [6, 6.07) is 17.1. The second-order valence-corrected chi connectivity index (χ2v) is 5.47. The number of esters is 1. The molecule has 0 radical (unpaired) electrons. The van der Waals surface area contributed by atoms with E-state index in [0.29, 0.717) is 11.5 Å². The topological polar surface area (TPSA) is 48.7 Å². The van der Waals surface area contributed by atoms with E-state index in [4.69, 9.17) is 9.15 Å². The van der Waals surface area contributed by atoms with Gasteiger partial charge < -0.3 is 13.9 Å². The van der Waals surface area contributed by atoms with Crippen LogP contribution in [0.5, 0.6) is 5.75 Å². The van der Waals surface area contributed by atoms with Crippen LogP contribution in [0.2, 0.25) is 0 Å². The van der Waals surface area contributed by atoms with Crippen LogP contribution in [0, 0.1) is 0 Å². The minimum atomic E-state index is -0.517. The van der Waals surface area contributed by atoms with Crippen LogP contribution in [0.15, 0.2) is 59.0 Å². The highest BCUT2D eigenvalue weighted by Crippen LogP contribution is 2.30. The van der Waals surface area contributed by atoms with E-state index in [1.165, 1.54) is 7.11 Å². The molecule has 1 heterocycles. The van der Waals surface area contributed by atoms with Gasteiger partial charge in [-0.05, 0) is 51.0 Å². The van der Waals surface area contributed by atoms with Crippen LogP contribution in [0.1, 0.15) is 21.3 Å². The molecule has 112 valence electrons. The van der Waals surface area contributed by atoms with Gasteiger partial charge in [0.1, 0.15) is 5.75 Å². The second kappa shape index (κ2) is 6.23. The van der Waals surface area contributed by atoms with Crippen molar-refractivity contribution in [2.45, 2.75) is 5.01 Å². The number of alkyl halides is 1. The molecular formula is C17H13BrO4. The third kappa shape index (κ3) is 2.99. The summed E-state index contributed by atoms with van der Waals surface area (Å²) < 4.78 is 15.8. The van der Waals surface area contributed by atoms with Crippen molar-refractivity contribution in [1.82, 2.24) is 0 Å². The number of carbonyl (C=O) groups is 1. The molecule has 0 saturated carbocycles. The lowest BCUT2D eigenvalue weighted by atomic mass is 10.1. The summed E-state index contributed by atoms with van der Waals surface area (Å²) in [6.07, 6.45) is 0. The van der Waals surface area contributed by atoms with Crippen LogP contribution in [0.4, 0.5) is 0 Å². The molecule has 22 heavy (non-hydrogen) atoms. The molecule has 0 spiro atoms. The van der Waals surface area contributed by atoms with Gasteiger partial charge >= 0.3 is 5.97 Å². The Kier molecular flexibility index (Phi) is 4.15. The molecule has 1 atom stereocenters. The van der Waals surface area contributed by atoms with Crippen LogP contribution in [-0.4, -0.2) is 13.1 Å². The highest BCUT2D eigenvalue weighted by Gasteiger charge is 2.17. The van der Waals surface area contributed by atoms with Gasteiger partial charge in [0.25, 0.3) is 0 Å². The molecular weight excluding hydrogens is 348 g/mol. The number of carbonyl (C=O) groups excluding carboxylic acids is 1. The molecule has 1 unspecified atom stereocenters.